The van der Waals surface area contributed by atoms with E-state index in [-0.39, 0.29) is 11.9 Å². The third-order valence-electron chi connectivity index (χ3n) is 2.94. The van der Waals surface area contributed by atoms with Gasteiger partial charge in [-0.25, -0.2) is 4.39 Å². The molecule has 0 aliphatic heterocycles. The monoisotopic (exact) mass is 283 g/mol. The van der Waals surface area contributed by atoms with Crippen molar-refractivity contribution in [2.24, 2.45) is 0 Å². The number of benzene rings is 2. The van der Waals surface area contributed by atoms with E-state index in [2.05, 4.69) is 5.32 Å². The fraction of sp³-hybridized carbons (Fsp3) is 0.200. The molecule has 1 N–H and O–H groups in total. The molecule has 0 aliphatic rings. The summed E-state index contributed by atoms with van der Waals surface area (Å²) < 4.78 is 50.4. The van der Waals surface area contributed by atoms with Gasteiger partial charge >= 0.3 is 6.18 Å². The predicted octanol–water partition coefficient (Wildman–Crippen LogP) is 5.02. The van der Waals surface area contributed by atoms with E-state index in [1.807, 2.05) is 6.92 Å². The van der Waals surface area contributed by atoms with E-state index in [0.29, 0.717) is 5.69 Å². The van der Waals surface area contributed by atoms with Gasteiger partial charge in [-0.3, -0.25) is 0 Å². The lowest BCUT2D eigenvalue weighted by molar-refractivity contribution is -0.137. The van der Waals surface area contributed by atoms with Gasteiger partial charge in [0.15, 0.2) is 0 Å². The number of hydrogen-bond donors (Lipinski definition) is 1. The maximum absolute atomic E-state index is 13.1. The van der Waals surface area contributed by atoms with Crippen LogP contribution in [-0.2, 0) is 6.18 Å². The molecule has 0 saturated heterocycles. The molecular formula is C15H13F4N. The predicted molar refractivity (Wildman–Crippen MR) is 69.9 cm³/mol. The fourth-order valence-electron chi connectivity index (χ4n) is 1.86. The van der Waals surface area contributed by atoms with Crippen LogP contribution >= 0.6 is 0 Å². The van der Waals surface area contributed by atoms with E-state index in [0.717, 1.165) is 17.7 Å². The summed E-state index contributed by atoms with van der Waals surface area (Å²) in [5, 5.41) is 3.03. The normalized spacial score (nSPS) is 13.1. The summed E-state index contributed by atoms with van der Waals surface area (Å²) in [6, 6.07) is 10.6. The van der Waals surface area contributed by atoms with Crippen molar-refractivity contribution in [2.45, 2.75) is 19.1 Å². The SMILES string of the molecule is CC(Nc1ccc(C(F)(F)F)cc1)c1cccc(F)c1. The average Bonchev–Trinajstić information content (AvgIpc) is 2.38. The Morgan fingerprint density at radius 3 is 2.20 bits per heavy atom. The third kappa shape index (κ3) is 3.50. The van der Waals surface area contributed by atoms with Gasteiger partial charge in [0.2, 0.25) is 0 Å². The van der Waals surface area contributed by atoms with Gasteiger partial charge in [0.05, 0.1) is 5.56 Å². The molecule has 20 heavy (non-hydrogen) atoms. The van der Waals surface area contributed by atoms with Crippen LogP contribution in [0, 0.1) is 5.82 Å². The van der Waals surface area contributed by atoms with Crippen molar-refractivity contribution in [3.63, 3.8) is 0 Å². The molecule has 0 fully saturated rings. The van der Waals surface area contributed by atoms with E-state index in [9.17, 15) is 17.6 Å². The lowest BCUT2D eigenvalue weighted by Crippen LogP contribution is -2.08. The van der Waals surface area contributed by atoms with Crippen LogP contribution in [-0.4, -0.2) is 0 Å². The van der Waals surface area contributed by atoms with Gasteiger partial charge < -0.3 is 5.32 Å². The summed E-state index contributed by atoms with van der Waals surface area (Å²) in [6.07, 6.45) is -4.34. The zero-order valence-corrected chi connectivity index (χ0v) is 10.7. The van der Waals surface area contributed by atoms with Gasteiger partial charge in [-0.05, 0) is 48.9 Å². The Balaban J connectivity index is 2.10. The summed E-state index contributed by atoms with van der Waals surface area (Å²) in [5.41, 5.74) is 0.584. The Morgan fingerprint density at radius 1 is 1.00 bits per heavy atom. The zero-order valence-electron chi connectivity index (χ0n) is 10.7. The second kappa shape index (κ2) is 5.53. The number of halogens is 4. The van der Waals surface area contributed by atoms with E-state index < -0.39 is 11.7 Å². The molecule has 2 aromatic carbocycles. The molecule has 0 heterocycles. The van der Waals surface area contributed by atoms with Crippen molar-refractivity contribution < 1.29 is 17.6 Å². The summed E-state index contributed by atoms with van der Waals surface area (Å²) in [6.45, 7) is 1.81. The third-order valence-corrected chi connectivity index (χ3v) is 2.94. The molecule has 1 unspecified atom stereocenters. The summed E-state index contributed by atoms with van der Waals surface area (Å²) >= 11 is 0. The second-order valence-corrected chi connectivity index (χ2v) is 4.50. The van der Waals surface area contributed by atoms with Gasteiger partial charge in [0.1, 0.15) is 5.82 Å². The number of hydrogen-bond acceptors (Lipinski definition) is 1. The van der Waals surface area contributed by atoms with E-state index in [4.69, 9.17) is 0 Å². The molecule has 0 amide bonds. The van der Waals surface area contributed by atoms with Gasteiger partial charge in [0, 0.05) is 11.7 Å². The van der Waals surface area contributed by atoms with Crippen LogP contribution in [0.25, 0.3) is 0 Å². The zero-order chi connectivity index (χ0) is 14.8. The molecule has 0 saturated carbocycles. The topological polar surface area (TPSA) is 12.0 Å². The molecule has 2 rings (SSSR count). The standard InChI is InChI=1S/C15H13F4N/c1-10(11-3-2-4-13(16)9-11)20-14-7-5-12(6-8-14)15(17,18)19/h2-10,20H,1H3. The average molecular weight is 283 g/mol. The van der Waals surface area contributed by atoms with E-state index >= 15 is 0 Å². The van der Waals surface area contributed by atoms with E-state index in [1.54, 1.807) is 12.1 Å². The lowest BCUT2D eigenvalue weighted by Gasteiger charge is -2.16. The first kappa shape index (κ1) is 14.4. The molecule has 5 heteroatoms. The minimum absolute atomic E-state index is 0.206. The summed E-state index contributed by atoms with van der Waals surface area (Å²) in [4.78, 5) is 0. The number of rotatable bonds is 3. The van der Waals surface area contributed by atoms with Crippen LogP contribution in [0.4, 0.5) is 23.2 Å². The van der Waals surface area contributed by atoms with Crippen LogP contribution in [0.3, 0.4) is 0 Å². The van der Waals surface area contributed by atoms with Gasteiger partial charge in [-0.15, -0.1) is 0 Å². The lowest BCUT2D eigenvalue weighted by atomic mass is 10.1. The first-order valence-corrected chi connectivity index (χ1v) is 6.05. The Labute approximate surface area is 114 Å². The quantitative estimate of drug-likeness (QED) is 0.780. The first-order chi connectivity index (χ1) is 9.36. The minimum atomic E-state index is -4.34. The molecule has 2 aromatic rings. The summed E-state index contributed by atoms with van der Waals surface area (Å²) in [7, 11) is 0. The number of nitrogens with one attached hydrogen (secondary N) is 1. The molecule has 0 spiro atoms. The van der Waals surface area contributed by atoms with Crippen molar-refractivity contribution in [3.8, 4) is 0 Å². The van der Waals surface area contributed by atoms with Crippen molar-refractivity contribution in [1.82, 2.24) is 0 Å². The minimum Gasteiger partial charge on any atom is -0.379 e. The highest BCUT2D eigenvalue weighted by Gasteiger charge is 2.29. The van der Waals surface area contributed by atoms with Crippen LogP contribution in [0.1, 0.15) is 24.1 Å². The molecule has 0 radical (unpaired) electrons. The maximum Gasteiger partial charge on any atom is 0.416 e. The molecule has 1 nitrogen and oxygen atoms in total. The largest absolute Gasteiger partial charge is 0.416 e. The molecule has 0 aromatic heterocycles. The van der Waals surface area contributed by atoms with Gasteiger partial charge in [-0.1, -0.05) is 12.1 Å². The molecule has 106 valence electrons. The second-order valence-electron chi connectivity index (χ2n) is 4.50. The van der Waals surface area contributed by atoms with Crippen LogP contribution in [0.2, 0.25) is 0 Å². The van der Waals surface area contributed by atoms with Crippen LogP contribution < -0.4 is 5.32 Å². The van der Waals surface area contributed by atoms with Crippen LogP contribution in [0.5, 0.6) is 0 Å². The highest BCUT2D eigenvalue weighted by Crippen LogP contribution is 2.30. The Hall–Kier alpha value is -2.04. The fourth-order valence-corrected chi connectivity index (χ4v) is 1.86. The number of anilines is 1. The maximum atomic E-state index is 13.1. The molecular weight excluding hydrogens is 270 g/mol. The van der Waals surface area contributed by atoms with Crippen LogP contribution in [0.15, 0.2) is 48.5 Å². The highest BCUT2D eigenvalue weighted by molar-refractivity contribution is 5.47. The van der Waals surface area contributed by atoms with Crippen molar-refractivity contribution >= 4 is 5.69 Å². The summed E-state index contributed by atoms with van der Waals surface area (Å²) in [5.74, 6) is -0.344. The molecule has 1 atom stereocenters. The number of alkyl halides is 3. The highest BCUT2D eigenvalue weighted by atomic mass is 19.4. The Bertz CT molecular complexity index is 575. The van der Waals surface area contributed by atoms with Crippen molar-refractivity contribution in [3.05, 3.63) is 65.5 Å². The van der Waals surface area contributed by atoms with Crippen molar-refractivity contribution in [1.29, 1.82) is 0 Å². The van der Waals surface area contributed by atoms with E-state index in [1.165, 1.54) is 24.3 Å². The smallest absolute Gasteiger partial charge is 0.379 e. The Morgan fingerprint density at radius 2 is 1.65 bits per heavy atom. The van der Waals surface area contributed by atoms with Crippen molar-refractivity contribution in [2.75, 3.05) is 5.32 Å². The first-order valence-electron chi connectivity index (χ1n) is 6.05. The molecule has 0 bridgehead atoms. The van der Waals surface area contributed by atoms with Gasteiger partial charge in [0.25, 0.3) is 0 Å². The van der Waals surface area contributed by atoms with Gasteiger partial charge in [-0.2, -0.15) is 13.2 Å². The molecule has 0 aliphatic carbocycles. The Kier molecular flexibility index (Phi) is 3.97.